The van der Waals surface area contributed by atoms with Crippen molar-refractivity contribution in [3.63, 3.8) is 0 Å². The lowest BCUT2D eigenvalue weighted by Crippen LogP contribution is -1.76. The fourth-order valence-corrected chi connectivity index (χ4v) is 4.12. The number of rotatable bonds is 2. The molecule has 2 heterocycles. The third-order valence-electron chi connectivity index (χ3n) is 2.59. The molecule has 2 aromatic heterocycles. The maximum Gasteiger partial charge on any atom is 0.147 e. The number of aryl methyl sites for hydroxylation is 2. The highest BCUT2D eigenvalue weighted by atomic mass is 32.2. The number of hydrogen-bond donors (Lipinski definition) is 0. The van der Waals surface area contributed by atoms with E-state index >= 15 is 0 Å². The molecule has 3 heteroatoms. The van der Waals surface area contributed by atoms with Gasteiger partial charge in [-0.25, -0.2) is 0 Å². The fraction of sp³-hybridized carbons (Fsp3) is 0.143. The molecule has 0 atom stereocenters. The van der Waals surface area contributed by atoms with Crippen LogP contribution in [0.2, 0.25) is 0 Å². The molecular weight excluding hydrogens is 248 g/mol. The molecule has 0 saturated heterocycles. The fourth-order valence-electron chi connectivity index (χ4n) is 1.84. The van der Waals surface area contributed by atoms with Crippen LogP contribution in [-0.4, -0.2) is 0 Å². The highest BCUT2D eigenvalue weighted by Gasteiger charge is 2.08. The molecule has 17 heavy (non-hydrogen) atoms. The van der Waals surface area contributed by atoms with Crippen molar-refractivity contribution in [3.05, 3.63) is 47.0 Å². The Labute approximate surface area is 108 Å². The molecule has 3 aromatic rings. The lowest BCUT2D eigenvalue weighted by atomic mass is 10.2. The van der Waals surface area contributed by atoms with Crippen LogP contribution in [0.25, 0.3) is 11.0 Å². The highest BCUT2D eigenvalue weighted by molar-refractivity contribution is 8.01. The zero-order chi connectivity index (χ0) is 11.8. The van der Waals surface area contributed by atoms with Crippen LogP contribution < -0.4 is 0 Å². The standard InChI is InChI=1S/C14H12OS2/c1-9-7-11-5-6-15-14(11)12(8-9)17-13-4-3-10(2)16-13/h3-8H,1-2H3. The lowest BCUT2D eigenvalue weighted by Gasteiger charge is -2.02. The van der Waals surface area contributed by atoms with Crippen molar-refractivity contribution >= 4 is 34.1 Å². The van der Waals surface area contributed by atoms with Gasteiger partial charge in [0.05, 0.1) is 15.4 Å². The molecule has 0 aliphatic rings. The Morgan fingerprint density at radius 3 is 2.76 bits per heavy atom. The predicted octanol–water partition coefficient (Wildman–Crippen LogP) is 5.26. The molecule has 3 rings (SSSR count). The van der Waals surface area contributed by atoms with Crippen LogP contribution in [0, 0.1) is 13.8 Å². The summed E-state index contributed by atoms with van der Waals surface area (Å²) in [6.07, 6.45) is 1.76. The van der Waals surface area contributed by atoms with Gasteiger partial charge in [-0.05, 0) is 49.7 Å². The Morgan fingerprint density at radius 2 is 2.00 bits per heavy atom. The second-order valence-corrected chi connectivity index (χ2v) is 6.70. The van der Waals surface area contributed by atoms with E-state index in [1.165, 1.54) is 24.9 Å². The van der Waals surface area contributed by atoms with Crippen LogP contribution in [0.1, 0.15) is 10.4 Å². The Kier molecular flexibility index (Phi) is 2.73. The minimum atomic E-state index is 0.992. The average molecular weight is 260 g/mol. The van der Waals surface area contributed by atoms with Gasteiger partial charge in [-0.1, -0.05) is 11.8 Å². The molecule has 0 bridgehead atoms. The summed E-state index contributed by atoms with van der Waals surface area (Å²) in [7, 11) is 0. The molecule has 86 valence electrons. The van der Waals surface area contributed by atoms with E-state index in [-0.39, 0.29) is 0 Å². The zero-order valence-corrected chi connectivity index (χ0v) is 11.3. The monoisotopic (exact) mass is 260 g/mol. The Hall–Kier alpha value is -1.19. The topological polar surface area (TPSA) is 13.1 Å². The first-order chi connectivity index (χ1) is 8.22. The Balaban J connectivity index is 2.07. The number of benzene rings is 1. The van der Waals surface area contributed by atoms with Gasteiger partial charge < -0.3 is 4.42 Å². The average Bonchev–Trinajstić information content (AvgIpc) is 2.87. The van der Waals surface area contributed by atoms with Crippen molar-refractivity contribution in [2.45, 2.75) is 23.0 Å². The third-order valence-corrected chi connectivity index (χ3v) is 4.74. The van der Waals surface area contributed by atoms with Gasteiger partial charge in [-0.2, -0.15) is 0 Å². The van der Waals surface area contributed by atoms with Crippen LogP contribution >= 0.6 is 23.1 Å². The van der Waals surface area contributed by atoms with E-state index in [1.807, 2.05) is 17.4 Å². The number of hydrogen-bond acceptors (Lipinski definition) is 3. The van der Waals surface area contributed by atoms with Crippen molar-refractivity contribution in [2.75, 3.05) is 0 Å². The lowest BCUT2D eigenvalue weighted by molar-refractivity contribution is 0.608. The van der Waals surface area contributed by atoms with E-state index in [0.717, 1.165) is 5.58 Å². The minimum absolute atomic E-state index is 0.992. The van der Waals surface area contributed by atoms with Crippen molar-refractivity contribution in [1.82, 2.24) is 0 Å². The van der Waals surface area contributed by atoms with Gasteiger partial charge in [0.25, 0.3) is 0 Å². The summed E-state index contributed by atoms with van der Waals surface area (Å²) < 4.78 is 6.88. The normalized spacial score (nSPS) is 11.2. The summed E-state index contributed by atoms with van der Waals surface area (Å²) in [4.78, 5) is 2.54. The molecule has 1 aromatic carbocycles. The van der Waals surface area contributed by atoms with Crippen LogP contribution in [0.4, 0.5) is 0 Å². The highest BCUT2D eigenvalue weighted by Crippen LogP contribution is 2.38. The van der Waals surface area contributed by atoms with E-state index in [0.29, 0.717) is 0 Å². The summed E-state index contributed by atoms with van der Waals surface area (Å²) in [6.45, 7) is 4.25. The van der Waals surface area contributed by atoms with Crippen LogP contribution in [0.5, 0.6) is 0 Å². The van der Waals surface area contributed by atoms with Crippen LogP contribution in [-0.2, 0) is 0 Å². The molecule has 0 unspecified atom stereocenters. The first-order valence-corrected chi connectivity index (χ1v) is 7.08. The quantitative estimate of drug-likeness (QED) is 0.623. The molecule has 0 fully saturated rings. The maximum atomic E-state index is 5.57. The third kappa shape index (κ3) is 2.13. The van der Waals surface area contributed by atoms with E-state index in [9.17, 15) is 0 Å². The van der Waals surface area contributed by atoms with Gasteiger partial charge in [0.2, 0.25) is 0 Å². The van der Waals surface area contributed by atoms with Gasteiger partial charge in [-0.3, -0.25) is 0 Å². The molecule has 0 saturated carbocycles. The molecule has 0 amide bonds. The zero-order valence-electron chi connectivity index (χ0n) is 9.69. The van der Waals surface area contributed by atoms with E-state index in [1.54, 1.807) is 18.0 Å². The second-order valence-electron chi connectivity index (χ2n) is 4.07. The Bertz CT molecular complexity index is 664. The number of furan rings is 1. The van der Waals surface area contributed by atoms with Crippen LogP contribution in [0.3, 0.4) is 0 Å². The first-order valence-electron chi connectivity index (χ1n) is 5.44. The van der Waals surface area contributed by atoms with Gasteiger partial charge in [0, 0.05) is 10.3 Å². The molecule has 0 aliphatic heterocycles. The molecule has 0 spiro atoms. The van der Waals surface area contributed by atoms with E-state index in [4.69, 9.17) is 4.42 Å². The summed E-state index contributed by atoms with van der Waals surface area (Å²) in [5.41, 5.74) is 2.27. The predicted molar refractivity (Wildman–Crippen MR) is 74.1 cm³/mol. The smallest absolute Gasteiger partial charge is 0.147 e. The molecular formula is C14H12OS2. The summed E-state index contributed by atoms with van der Waals surface area (Å²) >= 11 is 3.60. The van der Waals surface area contributed by atoms with E-state index < -0.39 is 0 Å². The molecule has 0 aliphatic carbocycles. The first kappa shape index (κ1) is 10.9. The second kappa shape index (κ2) is 4.24. The van der Waals surface area contributed by atoms with Gasteiger partial charge >= 0.3 is 0 Å². The van der Waals surface area contributed by atoms with E-state index in [2.05, 4.69) is 38.1 Å². The largest absolute Gasteiger partial charge is 0.463 e. The van der Waals surface area contributed by atoms with Gasteiger partial charge in [0.1, 0.15) is 5.58 Å². The van der Waals surface area contributed by atoms with Crippen molar-refractivity contribution < 1.29 is 4.42 Å². The Morgan fingerprint density at radius 1 is 1.12 bits per heavy atom. The maximum absolute atomic E-state index is 5.57. The number of fused-ring (bicyclic) bond motifs is 1. The minimum Gasteiger partial charge on any atom is -0.463 e. The van der Waals surface area contributed by atoms with Crippen molar-refractivity contribution in [3.8, 4) is 0 Å². The van der Waals surface area contributed by atoms with Crippen molar-refractivity contribution in [1.29, 1.82) is 0 Å². The SMILES string of the molecule is Cc1cc(Sc2ccc(C)s2)c2occc2c1. The van der Waals surface area contributed by atoms with Gasteiger partial charge in [0.15, 0.2) is 0 Å². The molecule has 0 radical (unpaired) electrons. The summed E-state index contributed by atoms with van der Waals surface area (Å²) in [5.74, 6) is 0. The molecule has 1 nitrogen and oxygen atoms in total. The van der Waals surface area contributed by atoms with Crippen molar-refractivity contribution in [2.24, 2.45) is 0 Å². The summed E-state index contributed by atoms with van der Waals surface area (Å²) in [5, 5.41) is 1.18. The van der Waals surface area contributed by atoms with Gasteiger partial charge in [-0.15, -0.1) is 11.3 Å². The number of thiophene rings is 1. The van der Waals surface area contributed by atoms with Crippen LogP contribution in [0.15, 0.2) is 50.1 Å². The summed E-state index contributed by atoms with van der Waals surface area (Å²) in [6, 6.07) is 10.7. The molecule has 0 N–H and O–H groups in total.